The number of hydrogen-bond donors (Lipinski definition) is 3. The average molecular weight is 495 g/mol. The van der Waals surface area contributed by atoms with Crippen molar-refractivity contribution >= 4 is 29.4 Å². The molecule has 9 heteroatoms. The number of nitrogens with zero attached hydrogens (tertiary/aromatic N) is 1. The number of esters is 1. The molecule has 36 heavy (non-hydrogen) atoms. The molecule has 1 atom stereocenters. The molecule has 9 nitrogen and oxygen atoms in total. The van der Waals surface area contributed by atoms with Crippen molar-refractivity contribution in [2.45, 2.75) is 39.7 Å². The second-order valence-corrected chi connectivity index (χ2v) is 8.37. The highest BCUT2D eigenvalue weighted by Gasteiger charge is 2.36. The number of amides is 4. The molecule has 0 aliphatic carbocycles. The molecular weight excluding hydrogens is 460 g/mol. The predicted octanol–water partition coefficient (Wildman–Crippen LogP) is 4.83. The minimum atomic E-state index is -0.681. The van der Waals surface area contributed by atoms with Gasteiger partial charge in [0.1, 0.15) is 6.61 Å². The lowest BCUT2D eigenvalue weighted by molar-refractivity contribution is -0.140. The van der Waals surface area contributed by atoms with Gasteiger partial charge in [-0.3, -0.25) is 4.90 Å². The summed E-state index contributed by atoms with van der Waals surface area (Å²) in [4.78, 5) is 39.8. The van der Waals surface area contributed by atoms with Gasteiger partial charge in [-0.15, -0.1) is 0 Å². The Morgan fingerprint density at radius 2 is 1.75 bits per heavy atom. The van der Waals surface area contributed by atoms with Gasteiger partial charge in [-0.05, 0) is 49.1 Å². The van der Waals surface area contributed by atoms with Gasteiger partial charge >= 0.3 is 18.0 Å². The van der Waals surface area contributed by atoms with E-state index in [-0.39, 0.29) is 25.3 Å². The van der Waals surface area contributed by atoms with Gasteiger partial charge < -0.3 is 25.4 Å². The van der Waals surface area contributed by atoms with Crippen molar-refractivity contribution in [3.05, 3.63) is 70.9 Å². The summed E-state index contributed by atoms with van der Waals surface area (Å²) >= 11 is 0. The summed E-state index contributed by atoms with van der Waals surface area (Å²) < 4.78 is 10.4. The maximum Gasteiger partial charge on any atom is 0.338 e. The molecular formula is C27H34N4O5. The van der Waals surface area contributed by atoms with E-state index in [1.807, 2.05) is 38.1 Å². The van der Waals surface area contributed by atoms with E-state index in [1.54, 1.807) is 36.1 Å². The van der Waals surface area contributed by atoms with Crippen LogP contribution in [0, 0.1) is 0 Å². The number of aryl methyl sites for hydroxylation is 1. The van der Waals surface area contributed by atoms with Crippen molar-refractivity contribution < 1.29 is 23.9 Å². The third-order valence-corrected chi connectivity index (χ3v) is 5.93. The van der Waals surface area contributed by atoms with E-state index in [2.05, 4.69) is 16.0 Å². The summed E-state index contributed by atoms with van der Waals surface area (Å²) in [6, 6.07) is 13.3. The Labute approximate surface area is 211 Å². The van der Waals surface area contributed by atoms with E-state index in [0.717, 1.165) is 24.1 Å². The van der Waals surface area contributed by atoms with Crippen LogP contribution >= 0.6 is 0 Å². The van der Waals surface area contributed by atoms with Crippen molar-refractivity contribution in [1.29, 1.82) is 0 Å². The third-order valence-electron chi connectivity index (χ3n) is 5.93. The summed E-state index contributed by atoms with van der Waals surface area (Å²) in [6.45, 7) is 6.62. The maximum atomic E-state index is 13.0. The first-order chi connectivity index (χ1) is 17.4. The molecule has 0 radical (unpaired) electrons. The second kappa shape index (κ2) is 12.7. The first-order valence-corrected chi connectivity index (χ1v) is 12.1. The Morgan fingerprint density at radius 3 is 2.42 bits per heavy atom. The molecule has 1 aliphatic rings. The van der Waals surface area contributed by atoms with Crippen molar-refractivity contribution in [2.24, 2.45) is 0 Å². The van der Waals surface area contributed by atoms with Gasteiger partial charge in [0.25, 0.3) is 0 Å². The maximum absolute atomic E-state index is 13.0. The Morgan fingerprint density at radius 1 is 1.03 bits per heavy atom. The molecule has 0 fully saturated rings. The SMILES string of the molecule is CCCN1C(=O)NC(c2ccc(NC(=O)Nc3ccccc3CC)cc2)C(C(=O)OCCOC)=C1C. The van der Waals surface area contributed by atoms with Crippen molar-refractivity contribution in [3.63, 3.8) is 0 Å². The summed E-state index contributed by atoms with van der Waals surface area (Å²) in [7, 11) is 1.53. The van der Waals surface area contributed by atoms with Crippen LogP contribution in [0.2, 0.25) is 0 Å². The topological polar surface area (TPSA) is 109 Å². The van der Waals surface area contributed by atoms with Crippen LogP contribution in [0.5, 0.6) is 0 Å². The fourth-order valence-corrected chi connectivity index (χ4v) is 4.08. The van der Waals surface area contributed by atoms with Crippen LogP contribution in [-0.4, -0.2) is 49.8 Å². The average Bonchev–Trinajstić information content (AvgIpc) is 2.87. The van der Waals surface area contributed by atoms with Gasteiger partial charge in [0, 0.05) is 30.7 Å². The molecule has 0 aromatic heterocycles. The standard InChI is InChI=1S/C27H34N4O5/c1-5-15-31-18(3)23(25(32)36-17-16-35-4)24(30-27(31)34)20-11-13-21(14-12-20)28-26(33)29-22-10-8-7-9-19(22)6-2/h7-14,24H,5-6,15-17H2,1-4H3,(H,30,34)(H2,28,29,33). The third kappa shape index (κ3) is 6.42. The molecule has 1 heterocycles. The molecule has 0 saturated carbocycles. The zero-order valence-corrected chi connectivity index (χ0v) is 21.2. The molecule has 0 bridgehead atoms. The van der Waals surface area contributed by atoms with Crippen LogP contribution in [-0.2, 0) is 20.7 Å². The zero-order chi connectivity index (χ0) is 26.1. The molecule has 2 aromatic carbocycles. The molecule has 3 N–H and O–H groups in total. The number of para-hydroxylation sites is 1. The van der Waals surface area contributed by atoms with E-state index in [1.165, 1.54) is 7.11 Å². The molecule has 3 rings (SSSR count). The lowest BCUT2D eigenvalue weighted by Crippen LogP contribution is -2.48. The normalized spacial score (nSPS) is 15.4. The number of hydrogen-bond acceptors (Lipinski definition) is 5. The highest BCUT2D eigenvalue weighted by molar-refractivity contribution is 6.00. The van der Waals surface area contributed by atoms with Gasteiger partial charge in [-0.2, -0.15) is 0 Å². The lowest BCUT2D eigenvalue weighted by Gasteiger charge is -2.35. The Balaban J connectivity index is 1.79. The summed E-state index contributed by atoms with van der Waals surface area (Å²) in [6.07, 6.45) is 1.55. The predicted molar refractivity (Wildman–Crippen MR) is 139 cm³/mol. The summed E-state index contributed by atoms with van der Waals surface area (Å²) in [5, 5.41) is 8.61. The van der Waals surface area contributed by atoms with Crippen LogP contribution in [0.1, 0.15) is 44.4 Å². The zero-order valence-electron chi connectivity index (χ0n) is 21.2. The number of benzene rings is 2. The fourth-order valence-electron chi connectivity index (χ4n) is 4.08. The Bertz CT molecular complexity index is 1110. The number of allylic oxidation sites excluding steroid dienone is 1. The smallest absolute Gasteiger partial charge is 0.338 e. The number of methoxy groups -OCH3 is 1. The quantitative estimate of drug-likeness (QED) is 0.324. The monoisotopic (exact) mass is 494 g/mol. The Kier molecular flexibility index (Phi) is 9.46. The molecule has 4 amide bonds. The minimum absolute atomic E-state index is 0.111. The number of carbonyl (C=O) groups is 3. The van der Waals surface area contributed by atoms with Crippen molar-refractivity contribution in [1.82, 2.24) is 10.2 Å². The number of anilines is 2. The van der Waals surface area contributed by atoms with Crippen LogP contribution in [0.3, 0.4) is 0 Å². The number of ether oxygens (including phenoxy) is 2. The van der Waals surface area contributed by atoms with Crippen LogP contribution in [0.15, 0.2) is 59.8 Å². The van der Waals surface area contributed by atoms with Crippen LogP contribution in [0.25, 0.3) is 0 Å². The van der Waals surface area contributed by atoms with Crippen molar-refractivity contribution in [2.75, 3.05) is 37.5 Å². The summed E-state index contributed by atoms with van der Waals surface area (Å²) in [5.41, 5.74) is 4.00. The first-order valence-electron chi connectivity index (χ1n) is 12.1. The van der Waals surface area contributed by atoms with Gasteiger partial charge in [0.15, 0.2) is 0 Å². The van der Waals surface area contributed by atoms with Crippen LogP contribution < -0.4 is 16.0 Å². The first kappa shape index (κ1) is 26.7. The minimum Gasteiger partial charge on any atom is -0.460 e. The van der Waals surface area contributed by atoms with E-state index in [4.69, 9.17) is 9.47 Å². The molecule has 1 unspecified atom stereocenters. The highest BCUT2D eigenvalue weighted by atomic mass is 16.6. The largest absolute Gasteiger partial charge is 0.460 e. The van der Waals surface area contributed by atoms with Gasteiger partial charge in [-0.25, -0.2) is 14.4 Å². The van der Waals surface area contributed by atoms with Crippen molar-refractivity contribution in [3.8, 4) is 0 Å². The molecule has 0 spiro atoms. The molecule has 1 aliphatic heterocycles. The van der Waals surface area contributed by atoms with E-state index in [0.29, 0.717) is 29.1 Å². The summed E-state index contributed by atoms with van der Waals surface area (Å²) in [5.74, 6) is -0.508. The number of rotatable bonds is 10. The van der Waals surface area contributed by atoms with Crippen LogP contribution in [0.4, 0.5) is 21.0 Å². The lowest BCUT2D eigenvalue weighted by atomic mass is 9.94. The van der Waals surface area contributed by atoms with Gasteiger partial charge in [-0.1, -0.05) is 44.2 Å². The number of carbonyl (C=O) groups excluding carboxylic acids is 3. The van der Waals surface area contributed by atoms with E-state index < -0.39 is 12.0 Å². The highest BCUT2D eigenvalue weighted by Crippen LogP contribution is 2.32. The molecule has 192 valence electrons. The van der Waals surface area contributed by atoms with Gasteiger partial charge in [0.2, 0.25) is 0 Å². The van der Waals surface area contributed by atoms with E-state index >= 15 is 0 Å². The molecule has 2 aromatic rings. The second-order valence-electron chi connectivity index (χ2n) is 8.37. The Hall–Kier alpha value is -3.85. The number of urea groups is 2. The van der Waals surface area contributed by atoms with E-state index in [9.17, 15) is 14.4 Å². The molecule has 0 saturated heterocycles. The van der Waals surface area contributed by atoms with Gasteiger partial charge in [0.05, 0.1) is 18.2 Å². The fraction of sp³-hybridized carbons (Fsp3) is 0.370. The number of nitrogens with one attached hydrogen (secondary N) is 3.